The van der Waals surface area contributed by atoms with E-state index >= 15 is 0 Å². The van der Waals surface area contributed by atoms with E-state index in [2.05, 4.69) is 51.4 Å². The third-order valence-corrected chi connectivity index (χ3v) is 13.2. The van der Waals surface area contributed by atoms with Crippen LogP contribution in [0.1, 0.15) is 25.7 Å². The molecule has 0 aromatic heterocycles. The second kappa shape index (κ2) is 7.62. The van der Waals surface area contributed by atoms with Crippen molar-refractivity contribution in [1.29, 1.82) is 0 Å². The van der Waals surface area contributed by atoms with Gasteiger partial charge in [-0.2, -0.15) is 0 Å². The van der Waals surface area contributed by atoms with Crippen LogP contribution < -0.4 is 24.8 Å². The zero-order valence-corrected chi connectivity index (χ0v) is 21.2. The van der Waals surface area contributed by atoms with Crippen LogP contribution in [0.2, 0.25) is 39.3 Å². The van der Waals surface area contributed by atoms with Gasteiger partial charge in [0.25, 0.3) is 0 Å². The molecule has 3 rings (SSSR count). The molecule has 0 N–H and O–H groups in total. The first-order chi connectivity index (χ1) is 9.68. The van der Waals surface area contributed by atoms with E-state index in [1.54, 1.807) is 0 Å². The molecule has 0 saturated heterocycles. The summed E-state index contributed by atoms with van der Waals surface area (Å²) in [5.41, 5.74) is 3.70. The van der Waals surface area contributed by atoms with Gasteiger partial charge in [0.2, 0.25) is 0 Å². The first kappa shape index (κ1) is 21.9. The third kappa shape index (κ3) is 4.34. The summed E-state index contributed by atoms with van der Waals surface area (Å²) < 4.78 is 3.87. The van der Waals surface area contributed by atoms with Crippen LogP contribution in [0, 0.1) is 0 Å². The molecule has 1 heterocycles. The predicted octanol–water partition coefficient (Wildman–Crippen LogP) is -0.206. The molecule has 5 heteroatoms. The number of hydrogen-bond donors (Lipinski definition) is 0. The molecule has 0 radical (unpaired) electrons. The third-order valence-electron chi connectivity index (χ3n) is 4.94. The molecule has 0 nitrogen and oxygen atoms in total. The van der Waals surface area contributed by atoms with Gasteiger partial charge in [0.1, 0.15) is 0 Å². The van der Waals surface area contributed by atoms with Crippen LogP contribution in [0.15, 0.2) is 40.3 Å². The molecule has 0 unspecified atom stereocenters. The van der Waals surface area contributed by atoms with Gasteiger partial charge in [0, 0.05) is 0 Å². The van der Waals surface area contributed by atoms with Crippen molar-refractivity contribution in [3.05, 3.63) is 40.3 Å². The van der Waals surface area contributed by atoms with Crippen molar-refractivity contribution in [1.82, 2.24) is 0 Å². The normalized spacial score (nSPS) is 20.3. The molecule has 23 heavy (non-hydrogen) atoms. The van der Waals surface area contributed by atoms with Crippen molar-refractivity contribution >= 4 is 16.1 Å². The van der Waals surface area contributed by atoms with Crippen molar-refractivity contribution in [3.8, 4) is 0 Å². The Bertz CT molecular complexity index is 560. The van der Waals surface area contributed by atoms with Gasteiger partial charge in [-0.3, -0.25) is 0 Å². The summed E-state index contributed by atoms with van der Waals surface area (Å²) >= 11 is -0.468. The van der Waals surface area contributed by atoms with E-state index in [1.807, 2.05) is 28.1 Å². The maximum atomic E-state index is 2.62. The average molecular weight is 463 g/mol. The fourth-order valence-corrected chi connectivity index (χ4v) is 12.3. The summed E-state index contributed by atoms with van der Waals surface area (Å²) in [4.78, 5) is 0. The van der Waals surface area contributed by atoms with E-state index in [4.69, 9.17) is 0 Å². The van der Waals surface area contributed by atoms with Gasteiger partial charge in [-0.05, 0) is 0 Å². The second-order valence-electron chi connectivity index (χ2n) is 8.68. The predicted molar refractivity (Wildman–Crippen MR) is 95.4 cm³/mol. The van der Waals surface area contributed by atoms with Crippen LogP contribution >= 0.6 is 0 Å². The second-order valence-corrected chi connectivity index (χ2v) is 22.3. The zero-order chi connectivity index (χ0) is 15.4. The van der Waals surface area contributed by atoms with Gasteiger partial charge in [0.05, 0.1) is 0 Å². The Hall–Kier alpha value is 0.857. The minimum atomic E-state index is -1.14. The molecular formula is C18H28Cl2Si2Zr. The van der Waals surface area contributed by atoms with Crippen LogP contribution in [0.3, 0.4) is 0 Å². The van der Waals surface area contributed by atoms with E-state index < -0.39 is 39.4 Å². The first-order valence-electron chi connectivity index (χ1n) is 8.31. The van der Waals surface area contributed by atoms with Crippen molar-refractivity contribution in [2.75, 3.05) is 0 Å². The summed E-state index contributed by atoms with van der Waals surface area (Å²) in [5, 5.41) is 3.64. The Kier molecular flexibility index (Phi) is 7.25. The van der Waals surface area contributed by atoms with Crippen LogP contribution in [0.25, 0.3) is 0 Å². The Balaban J connectivity index is 0.00000132. The van der Waals surface area contributed by atoms with Gasteiger partial charge in [-0.15, -0.1) is 0 Å². The first-order valence-corrected chi connectivity index (χ1v) is 17.8. The van der Waals surface area contributed by atoms with Gasteiger partial charge in [-0.1, -0.05) is 0 Å². The molecule has 0 bridgehead atoms. The molecule has 0 amide bonds. The Morgan fingerprint density at radius 2 is 1.04 bits per heavy atom. The monoisotopic (exact) mass is 460 g/mol. The summed E-state index contributed by atoms with van der Waals surface area (Å²) in [5.74, 6) is 0. The number of rotatable bonds is 2. The van der Waals surface area contributed by atoms with Crippen LogP contribution in [-0.4, -0.2) is 16.1 Å². The minimum Gasteiger partial charge on any atom is -1.00 e. The quantitative estimate of drug-likeness (QED) is 0.499. The zero-order valence-electron chi connectivity index (χ0n) is 15.2. The minimum absolute atomic E-state index is 0. The van der Waals surface area contributed by atoms with Crippen molar-refractivity contribution in [2.45, 2.75) is 65.0 Å². The van der Waals surface area contributed by atoms with E-state index in [9.17, 15) is 0 Å². The Morgan fingerprint density at radius 1 is 0.696 bits per heavy atom. The number of allylic oxidation sites excluding steroid dienone is 8. The summed E-state index contributed by atoms with van der Waals surface area (Å²) in [6, 6.07) is 0. The van der Waals surface area contributed by atoms with Gasteiger partial charge >= 0.3 is 145 Å². The standard InChI is InChI=1S/C18H28Si2.2ClH.Zr/c1-19(2,3)17-11-7-9-15(17)13-14-16-10-8-12-18(16)20(4,5)6;;;/h11-12H,7-8,13-14H2,1-6H3;2*1H;/q;;;+2/p-2. The molecule has 2 aliphatic carbocycles. The van der Waals surface area contributed by atoms with E-state index in [0.717, 1.165) is 0 Å². The number of hydrogen-bond acceptors (Lipinski definition) is 0. The Morgan fingerprint density at radius 3 is 1.35 bits per heavy atom. The summed E-state index contributed by atoms with van der Waals surface area (Å²) in [7, 11) is -2.28. The smallest absolute Gasteiger partial charge is 1.00 e. The summed E-state index contributed by atoms with van der Waals surface area (Å²) in [6.07, 6.45) is 10.6. The fraction of sp³-hybridized carbons (Fsp3) is 0.556. The summed E-state index contributed by atoms with van der Waals surface area (Å²) in [6.45, 7) is 15.2. The molecular weight excluding hydrogens is 434 g/mol. The number of halogens is 2. The van der Waals surface area contributed by atoms with Gasteiger partial charge in [0.15, 0.2) is 0 Å². The van der Waals surface area contributed by atoms with Gasteiger partial charge in [-0.25, -0.2) is 0 Å². The topological polar surface area (TPSA) is 0 Å². The van der Waals surface area contributed by atoms with Crippen molar-refractivity contribution < 1.29 is 48.0 Å². The van der Waals surface area contributed by atoms with Crippen LogP contribution in [0.4, 0.5) is 0 Å². The van der Waals surface area contributed by atoms with E-state index in [1.165, 1.54) is 25.7 Å². The molecule has 3 aliphatic rings. The van der Waals surface area contributed by atoms with Crippen molar-refractivity contribution in [3.63, 3.8) is 0 Å². The molecule has 0 saturated carbocycles. The van der Waals surface area contributed by atoms with E-state index in [-0.39, 0.29) is 24.8 Å². The van der Waals surface area contributed by atoms with Crippen LogP contribution in [-0.2, 0) is 23.2 Å². The molecule has 0 aromatic rings. The van der Waals surface area contributed by atoms with Crippen molar-refractivity contribution in [2.24, 2.45) is 0 Å². The van der Waals surface area contributed by atoms with Gasteiger partial charge < -0.3 is 24.8 Å². The largest absolute Gasteiger partial charge is 1.00 e. The molecule has 0 atom stereocenters. The fourth-order valence-electron chi connectivity index (χ4n) is 4.00. The van der Waals surface area contributed by atoms with Crippen LogP contribution in [0.5, 0.6) is 0 Å². The maximum absolute atomic E-state index is 2.62. The molecule has 0 spiro atoms. The Labute approximate surface area is 168 Å². The molecule has 0 fully saturated rings. The maximum Gasteiger partial charge on any atom is -1.00 e. The SMILES string of the molecule is C[Si](C)(C)C1=CC[C]2=C1CCC1=[C](CC=C1[Si](C)(C)C)[Zr+2]2.[Cl-].[Cl-]. The van der Waals surface area contributed by atoms with E-state index in [0.29, 0.717) is 0 Å². The average Bonchev–Trinajstić information content (AvgIpc) is 2.87. The molecule has 0 aromatic carbocycles. The molecule has 126 valence electrons. The molecule has 1 aliphatic heterocycles.